The summed E-state index contributed by atoms with van der Waals surface area (Å²) in [5.74, 6) is -2.57. The first kappa shape index (κ1) is 62.0. The van der Waals surface area contributed by atoms with Crippen molar-refractivity contribution in [1.82, 2.24) is 59.3 Å². The molecule has 4 aromatic heterocycles. The Kier molecular flexibility index (Phi) is 19.4. The standard InChI is InChI=1S/C50H60FN14O17PS/c1-25(2)36(59-48(71)80-50(4,5)6)43(69)57-26(3)41(67)58-29-14-12-27(13-15-29)21-77-49(72)63(7)19-28-10-8-9-11-31(28)42(68)61-47-60-40-37(44(70)62-47)55-24-65(40)45-33(16-30(20-66)78-45)82-84(75,76)56-18-34-38(81-83(73)74)35(51)46(79-34)64-23-54-32-17-52-22-53-39(32)64/h8-15,17,22-26,30,33-36,38,45-46,56,66H,16,18-21H2,1-7H3,(H5-,57,58,59,60,61,62,67,68,69,70,71,73,74)/p+1/t26-,30-,33+,34+,35+,36-,38+,45+,46+/m0/s1. The molecule has 0 radical (unpaired) electrons. The smallest absolute Gasteiger partial charge is 0.445 e. The molecule has 6 aromatic rings. The van der Waals surface area contributed by atoms with E-state index >= 15 is 4.39 Å². The third kappa shape index (κ3) is 15.2. The number of hydrogen-bond donors (Lipinski definition) is 8. The van der Waals surface area contributed by atoms with Crippen LogP contribution in [0.1, 0.15) is 81.9 Å². The number of halogens is 1. The normalized spacial score (nSPS) is 20.8. The van der Waals surface area contributed by atoms with Crippen molar-refractivity contribution in [2.75, 3.05) is 30.8 Å². The third-order valence-corrected chi connectivity index (χ3v) is 14.4. The van der Waals surface area contributed by atoms with E-state index in [0.29, 0.717) is 16.8 Å². The van der Waals surface area contributed by atoms with Crippen LogP contribution in [0.2, 0.25) is 0 Å². The lowest BCUT2D eigenvalue weighted by molar-refractivity contribution is -0.128. The summed E-state index contributed by atoms with van der Waals surface area (Å²) in [6.07, 6.45) is -7.66. The van der Waals surface area contributed by atoms with E-state index < -0.39 is 128 Å². The van der Waals surface area contributed by atoms with Crippen LogP contribution in [0.3, 0.4) is 0 Å². The van der Waals surface area contributed by atoms with Crippen LogP contribution in [0.4, 0.5) is 25.6 Å². The number of aliphatic hydroxyl groups is 1. The molecule has 0 saturated carbocycles. The molecule has 84 heavy (non-hydrogen) atoms. The van der Waals surface area contributed by atoms with Gasteiger partial charge in [0.1, 0.15) is 48.3 Å². The summed E-state index contributed by atoms with van der Waals surface area (Å²) in [5.41, 5.74) is -0.265. The van der Waals surface area contributed by atoms with Crippen LogP contribution >= 0.6 is 8.25 Å². The maximum absolute atomic E-state index is 15.9. The number of hydrogen-bond acceptors (Lipinski definition) is 21. The highest BCUT2D eigenvalue weighted by Crippen LogP contribution is 2.39. The Morgan fingerprint density at radius 3 is 2.37 bits per heavy atom. The summed E-state index contributed by atoms with van der Waals surface area (Å²) in [6.45, 7) is 8.40. The molecule has 0 bridgehead atoms. The first-order valence-corrected chi connectivity index (χ1v) is 28.4. The Bertz CT molecular complexity index is 3590. The number of fused-ring (bicyclic) bond motifs is 2. The van der Waals surface area contributed by atoms with E-state index in [1.807, 2.05) is 0 Å². The number of nitrogens with one attached hydrogen (secondary N) is 6. The van der Waals surface area contributed by atoms with Gasteiger partial charge in [-0.3, -0.25) is 38.6 Å². The largest absolute Gasteiger partial charge is 0.695 e. The van der Waals surface area contributed by atoms with Gasteiger partial charge in [-0.05, 0) is 62.9 Å². The number of amides is 5. The van der Waals surface area contributed by atoms with Crippen LogP contribution in [-0.2, 0) is 65.3 Å². The Hall–Kier alpha value is -8.01. The number of benzene rings is 2. The van der Waals surface area contributed by atoms with E-state index in [4.69, 9.17) is 27.7 Å². The van der Waals surface area contributed by atoms with Gasteiger partial charge in [0.2, 0.25) is 17.8 Å². The fraction of sp³-hybridized carbons (Fsp3) is 0.460. The number of carbonyl (C=O) groups excluding carboxylic acids is 5. The number of anilines is 2. The van der Waals surface area contributed by atoms with E-state index in [-0.39, 0.29) is 59.3 Å². The molecule has 31 nitrogen and oxygen atoms in total. The maximum atomic E-state index is 15.9. The second-order valence-electron chi connectivity index (χ2n) is 20.7. The van der Waals surface area contributed by atoms with Gasteiger partial charge in [0.15, 0.2) is 41.5 Å². The summed E-state index contributed by atoms with van der Waals surface area (Å²) in [7, 11) is -6.78. The van der Waals surface area contributed by atoms with Crippen molar-refractivity contribution in [2.24, 2.45) is 5.92 Å². The molecule has 2 fully saturated rings. The number of alkyl halides is 1. The molecule has 2 aliphatic heterocycles. The number of imidazole rings is 2. The Morgan fingerprint density at radius 1 is 0.952 bits per heavy atom. The highest BCUT2D eigenvalue weighted by molar-refractivity contribution is 7.84. The molecule has 8 N–H and O–H groups in total. The van der Waals surface area contributed by atoms with Crippen LogP contribution in [0, 0.1) is 5.92 Å². The van der Waals surface area contributed by atoms with Gasteiger partial charge >= 0.3 is 30.7 Å². The second kappa shape index (κ2) is 26.3. The van der Waals surface area contributed by atoms with Gasteiger partial charge in [0.05, 0.1) is 31.6 Å². The summed E-state index contributed by atoms with van der Waals surface area (Å²) in [6, 6.07) is 10.7. The average Bonchev–Trinajstić information content (AvgIpc) is 4.37. The van der Waals surface area contributed by atoms with E-state index in [0.717, 1.165) is 6.33 Å². The SMILES string of the molecule is CC(C)[C@H](NC(=O)OC(C)(C)C)C(=O)N[C@@H](C)C(=O)Nc1ccc(COC(=O)N(C)Cc2ccccc2C(=O)Nc2nc3c(ncn3[C@@H]3O[C@H](CO)C[C@H]3OS(=O)(=O)NC[C@H]3O[C@@H](n4cnc5cncnc54)[C@H](F)[C@@H]3O[P+](=O)O)c(=O)[nH]2)cc1. The number of ether oxygens (including phenoxy) is 4. The number of nitrogens with zero attached hydrogens (tertiary/aromatic N) is 8. The molecule has 0 spiro atoms. The van der Waals surface area contributed by atoms with Gasteiger partial charge in [0.25, 0.3) is 11.5 Å². The molecule has 0 aliphatic carbocycles. The molecule has 10 atom stereocenters. The van der Waals surface area contributed by atoms with Gasteiger partial charge < -0.3 is 44.9 Å². The minimum Gasteiger partial charge on any atom is -0.445 e. The number of aliphatic hydroxyl groups excluding tert-OH is 1. The fourth-order valence-corrected chi connectivity index (χ4v) is 10.3. The predicted octanol–water partition coefficient (Wildman–Crippen LogP) is 2.74. The fourth-order valence-electron chi connectivity index (χ4n) is 8.90. The van der Waals surface area contributed by atoms with Crippen LogP contribution in [0.5, 0.6) is 0 Å². The quantitative estimate of drug-likeness (QED) is 0.0453. The van der Waals surface area contributed by atoms with Crippen molar-refractivity contribution < 1.29 is 79.0 Å². The zero-order chi connectivity index (χ0) is 60.8. The van der Waals surface area contributed by atoms with Crippen molar-refractivity contribution in [1.29, 1.82) is 0 Å². The summed E-state index contributed by atoms with van der Waals surface area (Å²) in [4.78, 5) is 113. The molecule has 34 heteroatoms. The lowest BCUT2D eigenvalue weighted by atomic mass is 10.0. The van der Waals surface area contributed by atoms with Crippen molar-refractivity contribution in [3.8, 4) is 0 Å². The molecular weight excluding hydrogens is 1150 g/mol. The lowest BCUT2D eigenvalue weighted by Crippen LogP contribution is -2.54. The van der Waals surface area contributed by atoms with Gasteiger partial charge in [0, 0.05) is 42.4 Å². The Labute approximate surface area is 478 Å². The van der Waals surface area contributed by atoms with Crippen molar-refractivity contribution >= 4 is 82.4 Å². The Morgan fingerprint density at radius 2 is 1.67 bits per heavy atom. The van der Waals surface area contributed by atoms with Crippen LogP contribution in [-0.4, -0.2) is 161 Å². The van der Waals surface area contributed by atoms with Gasteiger partial charge in [-0.25, -0.2) is 38.1 Å². The van der Waals surface area contributed by atoms with E-state index in [1.165, 1.54) is 52.9 Å². The van der Waals surface area contributed by atoms with Crippen LogP contribution in [0.15, 0.2) is 78.5 Å². The van der Waals surface area contributed by atoms with Gasteiger partial charge in [-0.2, -0.15) is 18.1 Å². The highest BCUT2D eigenvalue weighted by Gasteiger charge is 2.52. The zero-order valence-electron chi connectivity index (χ0n) is 46.1. The summed E-state index contributed by atoms with van der Waals surface area (Å²) in [5, 5.41) is 20.5. The Balaban J connectivity index is 0.862. The topological polar surface area (TPSA) is 403 Å². The van der Waals surface area contributed by atoms with E-state index in [2.05, 4.69) is 55.9 Å². The molecule has 2 aromatic carbocycles. The molecule has 2 saturated heterocycles. The molecule has 5 amide bonds. The first-order chi connectivity index (χ1) is 39.8. The minimum absolute atomic E-state index is 0.0709. The number of aromatic nitrogens is 8. The summed E-state index contributed by atoms with van der Waals surface area (Å²) < 4.78 is 92.2. The molecule has 450 valence electrons. The number of aromatic amines is 1. The molecular formula is C50H61FN14O17PS+. The maximum Gasteiger partial charge on any atom is 0.695 e. The number of carbonyl (C=O) groups is 5. The van der Waals surface area contributed by atoms with E-state index in [1.54, 1.807) is 77.1 Å². The van der Waals surface area contributed by atoms with Gasteiger partial charge in [-0.1, -0.05) is 44.2 Å². The van der Waals surface area contributed by atoms with Crippen LogP contribution in [0.25, 0.3) is 22.3 Å². The number of alkyl carbamates (subject to hydrolysis) is 1. The first-order valence-electron chi connectivity index (χ1n) is 25.9. The van der Waals surface area contributed by atoms with E-state index in [9.17, 15) is 51.8 Å². The molecule has 6 heterocycles. The number of rotatable bonds is 22. The number of H-pyrrole nitrogens is 1. The van der Waals surface area contributed by atoms with Crippen molar-refractivity contribution in [2.45, 2.75) is 122 Å². The highest BCUT2D eigenvalue weighted by atomic mass is 32.2. The monoisotopic (exact) mass is 1210 g/mol. The zero-order valence-corrected chi connectivity index (χ0v) is 47.8. The molecule has 2 aliphatic rings. The molecule has 1 unspecified atom stereocenters. The minimum atomic E-state index is -4.84. The second-order valence-corrected chi connectivity index (χ2v) is 22.8. The van der Waals surface area contributed by atoms with Crippen LogP contribution < -0.4 is 31.5 Å². The van der Waals surface area contributed by atoms with Crippen molar-refractivity contribution in [3.05, 3.63) is 101 Å². The third-order valence-electron chi connectivity index (χ3n) is 12.9. The lowest BCUT2D eigenvalue weighted by Gasteiger charge is -2.26. The summed E-state index contributed by atoms with van der Waals surface area (Å²) >= 11 is 0. The molecule has 8 rings (SSSR count). The average molecular weight is 1210 g/mol. The predicted molar refractivity (Wildman–Crippen MR) is 291 cm³/mol. The van der Waals surface area contributed by atoms with Gasteiger partial charge in [-0.15, -0.1) is 9.42 Å². The van der Waals surface area contributed by atoms with Crippen molar-refractivity contribution in [3.63, 3.8) is 0 Å².